The van der Waals surface area contributed by atoms with Gasteiger partial charge >= 0.3 is 6.18 Å². The lowest BCUT2D eigenvalue weighted by molar-refractivity contribution is -0.137. The van der Waals surface area contributed by atoms with Crippen molar-refractivity contribution in [1.29, 1.82) is 0 Å². The number of rotatable bonds is 5. The fourth-order valence-electron chi connectivity index (χ4n) is 5.90. The summed E-state index contributed by atoms with van der Waals surface area (Å²) >= 11 is 0. The molecule has 3 heterocycles. The molecule has 0 saturated carbocycles. The number of hydrogen-bond donors (Lipinski definition) is 1. The van der Waals surface area contributed by atoms with Gasteiger partial charge in [0.05, 0.1) is 17.2 Å². The molecule has 1 amide bonds. The number of piperazine rings is 1. The van der Waals surface area contributed by atoms with Crippen LogP contribution in [-0.4, -0.2) is 66.7 Å². The summed E-state index contributed by atoms with van der Waals surface area (Å²) in [6.07, 6.45) is -0.197. The topological polar surface area (TPSA) is 70.6 Å². The van der Waals surface area contributed by atoms with Gasteiger partial charge in [-0.05, 0) is 49.4 Å². The molecule has 2 aliphatic heterocycles. The summed E-state index contributed by atoms with van der Waals surface area (Å²) in [6.45, 7) is 5.30. The second kappa shape index (κ2) is 9.97. The largest absolute Gasteiger partial charge is 0.416 e. The maximum atomic E-state index is 13.7. The number of aromatic nitrogens is 2. The standard InChI is InChI=1S/C26H32F3N5O2/c1-16-14-20(36-2)23-21(16)24(32-15-31-23)33-10-12-34(13-11-33)25(35)22(19-4-3-9-30-19)17-5-7-18(8-6-17)26(27,28)29/h5-8,15-16,19-20,22,30H,3-4,9-14H2,1-2H3/t16-,19+,20-,22+/m1/s1. The van der Waals surface area contributed by atoms with Crippen LogP contribution >= 0.6 is 0 Å². The lowest BCUT2D eigenvalue weighted by Crippen LogP contribution is -2.52. The first-order valence-corrected chi connectivity index (χ1v) is 12.6. The minimum atomic E-state index is -4.40. The van der Waals surface area contributed by atoms with E-state index in [9.17, 15) is 18.0 Å². The van der Waals surface area contributed by atoms with Crippen molar-refractivity contribution in [2.45, 2.75) is 56.3 Å². The van der Waals surface area contributed by atoms with E-state index in [1.54, 1.807) is 13.4 Å². The number of alkyl halides is 3. The number of carbonyl (C=O) groups is 1. The second-order valence-corrected chi connectivity index (χ2v) is 9.97. The number of hydrogen-bond acceptors (Lipinski definition) is 6. The Balaban J connectivity index is 1.32. The van der Waals surface area contributed by atoms with Crippen LogP contribution < -0.4 is 10.2 Å². The number of benzene rings is 1. The molecule has 194 valence electrons. The monoisotopic (exact) mass is 503 g/mol. The molecule has 5 rings (SSSR count). The maximum absolute atomic E-state index is 13.7. The van der Waals surface area contributed by atoms with Gasteiger partial charge in [0.15, 0.2) is 0 Å². The van der Waals surface area contributed by atoms with Gasteiger partial charge in [0.1, 0.15) is 18.2 Å². The number of anilines is 1. The van der Waals surface area contributed by atoms with E-state index in [0.29, 0.717) is 37.7 Å². The minimum absolute atomic E-state index is 0.0250. The van der Waals surface area contributed by atoms with E-state index in [-0.39, 0.29) is 18.1 Å². The third kappa shape index (κ3) is 4.68. The van der Waals surface area contributed by atoms with Crippen molar-refractivity contribution in [1.82, 2.24) is 20.2 Å². The second-order valence-electron chi connectivity index (χ2n) is 9.97. The van der Waals surface area contributed by atoms with Crippen LogP contribution in [0.3, 0.4) is 0 Å². The van der Waals surface area contributed by atoms with Gasteiger partial charge in [0, 0.05) is 44.9 Å². The van der Waals surface area contributed by atoms with Gasteiger partial charge in [0.25, 0.3) is 0 Å². The molecular weight excluding hydrogens is 471 g/mol. The zero-order valence-electron chi connectivity index (χ0n) is 20.6. The minimum Gasteiger partial charge on any atom is -0.375 e. The summed E-state index contributed by atoms with van der Waals surface area (Å²) in [6, 6.07) is 4.99. The van der Waals surface area contributed by atoms with E-state index in [1.807, 2.05) is 4.90 Å². The molecule has 2 saturated heterocycles. The number of fused-ring (bicyclic) bond motifs is 1. The first-order valence-electron chi connectivity index (χ1n) is 12.6. The number of amides is 1. The summed E-state index contributed by atoms with van der Waals surface area (Å²) < 4.78 is 44.9. The number of halogens is 3. The molecule has 0 unspecified atom stereocenters. The van der Waals surface area contributed by atoms with Gasteiger partial charge in [-0.15, -0.1) is 0 Å². The van der Waals surface area contributed by atoms with Crippen LogP contribution in [0.25, 0.3) is 0 Å². The van der Waals surface area contributed by atoms with E-state index >= 15 is 0 Å². The molecule has 1 aromatic heterocycles. The van der Waals surface area contributed by atoms with Crippen LogP contribution in [0.2, 0.25) is 0 Å². The Kier molecular flexibility index (Phi) is 6.91. The summed E-state index contributed by atoms with van der Waals surface area (Å²) in [5.74, 6) is 0.663. The highest BCUT2D eigenvalue weighted by molar-refractivity contribution is 5.85. The summed E-state index contributed by atoms with van der Waals surface area (Å²) in [4.78, 5) is 26.9. The normalized spacial score (nSPS) is 25.2. The molecule has 2 aromatic rings. The van der Waals surface area contributed by atoms with Gasteiger partial charge in [-0.2, -0.15) is 13.2 Å². The Hall–Kier alpha value is -2.72. The Labute approximate surface area is 209 Å². The highest BCUT2D eigenvalue weighted by atomic mass is 19.4. The third-order valence-corrected chi connectivity index (χ3v) is 7.80. The quantitative estimate of drug-likeness (QED) is 0.668. The first-order chi connectivity index (χ1) is 17.3. The first kappa shape index (κ1) is 25.0. The molecule has 0 spiro atoms. The summed E-state index contributed by atoms with van der Waals surface area (Å²) in [5.41, 5.74) is 2.00. The van der Waals surface area contributed by atoms with Gasteiger partial charge in [-0.1, -0.05) is 19.1 Å². The highest BCUT2D eigenvalue weighted by Gasteiger charge is 2.38. The van der Waals surface area contributed by atoms with Crippen molar-refractivity contribution >= 4 is 11.7 Å². The molecule has 1 N–H and O–H groups in total. The van der Waals surface area contributed by atoms with Crippen molar-refractivity contribution in [3.8, 4) is 0 Å². The van der Waals surface area contributed by atoms with Gasteiger partial charge < -0.3 is 19.9 Å². The molecule has 2 fully saturated rings. The number of carbonyl (C=O) groups excluding carboxylic acids is 1. The highest BCUT2D eigenvalue weighted by Crippen LogP contribution is 2.44. The molecule has 0 radical (unpaired) electrons. The Morgan fingerprint density at radius 2 is 1.86 bits per heavy atom. The fourth-order valence-corrected chi connectivity index (χ4v) is 5.90. The lowest BCUT2D eigenvalue weighted by atomic mass is 9.88. The number of methoxy groups -OCH3 is 1. The molecule has 10 heteroatoms. The summed E-state index contributed by atoms with van der Waals surface area (Å²) in [7, 11) is 1.70. The third-order valence-electron chi connectivity index (χ3n) is 7.80. The van der Waals surface area contributed by atoms with Crippen LogP contribution in [0.4, 0.5) is 19.0 Å². The zero-order chi connectivity index (χ0) is 25.4. The molecule has 36 heavy (non-hydrogen) atoms. The van der Waals surface area contributed by atoms with Crippen molar-refractivity contribution < 1.29 is 22.7 Å². The van der Waals surface area contributed by atoms with E-state index < -0.39 is 17.7 Å². The number of ether oxygens (including phenoxy) is 1. The Morgan fingerprint density at radius 1 is 1.14 bits per heavy atom. The van der Waals surface area contributed by atoms with E-state index in [0.717, 1.165) is 55.0 Å². The van der Waals surface area contributed by atoms with Crippen molar-refractivity contribution in [3.05, 3.63) is 53.0 Å². The average Bonchev–Trinajstić information content (AvgIpc) is 3.52. The van der Waals surface area contributed by atoms with Crippen molar-refractivity contribution in [2.75, 3.05) is 44.7 Å². The molecular formula is C26H32F3N5O2. The SMILES string of the molecule is CO[C@@H]1C[C@@H](C)c2c1ncnc2N1CCN(C(=O)[C@@H](c2ccc(C(F)(F)F)cc2)[C@@H]2CCCN2)CC1. The Morgan fingerprint density at radius 3 is 2.47 bits per heavy atom. The van der Waals surface area contributed by atoms with Crippen LogP contribution in [0.1, 0.15) is 66.5 Å². The number of nitrogens with zero attached hydrogens (tertiary/aromatic N) is 4. The molecule has 4 atom stereocenters. The zero-order valence-corrected chi connectivity index (χ0v) is 20.6. The predicted molar refractivity (Wildman–Crippen MR) is 129 cm³/mol. The average molecular weight is 504 g/mol. The molecule has 1 aliphatic carbocycles. The van der Waals surface area contributed by atoms with E-state index in [4.69, 9.17) is 4.74 Å². The van der Waals surface area contributed by atoms with E-state index in [2.05, 4.69) is 27.1 Å². The molecule has 7 nitrogen and oxygen atoms in total. The molecule has 0 bridgehead atoms. The van der Waals surface area contributed by atoms with Crippen LogP contribution in [0, 0.1) is 0 Å². The molecule has 1 aromatic carbocycles. The van der Waals surface area contributed by atoms with E-state index in [1.165, 1.54) is 12.1 Å². The maximum Gasteiger partial charge on any atom is 0.416 e. The predicted octanol–water partition coefficient (Wildman–Crippen LogP) is 3.87. The van der Waals surface area contributed by atoms with Gasteiger partial charge in [-0.3, -0.25) is 4.79 Å². The van der Waals surface area contributed by atoms with Gasteiger partial charge in [-0.25, -0.2) is 9.97 Å². The Bertz CT molecular complexity index is 1080. The number of nitrogens with one attached hydrogen (secondary N) is 1. The molecule has 3 aliphatic rings. The fraction of sp³-hybridized carbons (Fsp3) is 0.577. The van der Waals surface area contributed by atoms with Gasteiger partial charge in [0.2, 0.25) is 5.91 Å². The smallest absolute Gasteiger partial charge is 0.375 e. The van der Waals surface area contributed by atoms with Crippen molar-refractivity contribution in [2.24, 2.45) is 0 Å². The van der Waals surface area contributed by atoms with Crippen LogP contribution in [-0.2, 0) is 15.7 Å². The van der Waals surface area contributed by atoms with Crippen LogP contribution in [0.15, 0.2) is 30.6 Å². The van der Waals surface area contributed by atoms with Crippen LogP contribution in [0.5, 0.6) is 0 Å². The summed E-state index contributed by atoms with van der Waals surface area (Å²) in [5, 5.41) is 3.39. The van der Waals surface area contributed by atoms with Crippen molar-refractivity contribution in [3.63, 3.8) is 0 Å². The lowest BCUT2D eigenvalue weighted by Gasteiger charge is -2.39.